The number of nitrogens with zero attached hydrogens (tertiary/aromatic N) is 2. The maximum absolute atomic E-state index is 12.0. The van der Waals surface area contributed by atoms with Crippen molar-refractivity contribution in [1.29, 1.82) is 0 Å². The van der Waals surface area contributed by atoms with Gasteiger partial charge in [-0.1, -0.05) is 48.5 Å². The van der Waals surface area contributed by atoms with Crippen molar-refractivity contribution in [3.63, 3.8) is 0 Å². The van der Waals surface area contributed by atoms with Crippen LogP contribution in [0.25, 0.3) is 0 Å². The summed E-state index contributed by atoms with van der Waals surface area (Å²) in [6.07, 6.45) is 1.19. The molecule has 1 aromatic carbocycles. The molecule has 1 aromatic heterocycles. The Morgan fingerprint density at radius 1 is 1.28 bits per heavy atom. The van der Waals surface area contributed by atoms with Crippen molar-refractivity contribution in [2.75, 3.05) is 23.4 Å². The number of rotatable bonds is 6. The van der Waals surface area contributed by atoms with Gasteiger partial charge in [0.05, 0.1) is 17.2 Å². The van der Waals surface area contributed by atoms with Crippen molar-refractivity contribution in [3.8, 4) is 0 Å². The Hall–Kier alpha value is -1.31. The zero-order valence-corrected chi connectivity index (χ0v) is 16.3. The molecule has 0 saturated heterocycles. The van der Waals surface area contributed by atoms with Gasteiger partial charge in [-0.2, -0.15) is 0 Å². The zero-order chi connectivity index (χ0) is 17.9. The van der Waals surface area contributed by atoms with E-state index in [2.05, 4.69) is 15.3 Å². The number of aromatic nitrogens is 2. The SMILES string of the molecule is CCSc1nc2c(c(NCCc3ccccc3Cl)n1)CS(=O)(=O)CC2. The minimum absolute atomic E-state index is 0.00777. The average molecular weight is 398 g/mol. The molecule has 0 atom stereocenters. The van der Waals surface area contributed by atoms with Crippen molar-refractivity contribution in [2.45, 2.75) is 30.7 Å². The van der Waals surface area contributed by atoms with Gasteiger partial charge in [-0.25, -0.2) is 18.4 Å². The molecule has 25 heavy (non-hydrogen) atoms. The molecule has 134 valence electrons. The second-order valence-corrected chi connectivity index (χ2v) is 9.65. The van der Waals surface area contributed by atoms with Crippen LogP contribution < -0.4 is 5.32 Å². The summed E-state index contributed by atoms with van der Waals surface area (Å²) in [5, 5.41) is 4.73. The highest BCUT2D eigenvalue weighted by Gasteiger charge is 2.26. The topological polar surface area (TPSA) is 72.0 Å². The highest BCUT2D eigenvalue weighted by molar-refractivity contribution is 7.99. The van der Waals surface area contributed by atoms with E-state index in [-0.39, 0.29) is 11.5 Å². The number of hydrogen-bond acceptors (Lipinski definition) is 6. The van der Waals surface area contributed by atoms with E-state index in [1.165, 1.54) is 0 Å². The smallest absolute Gasteiger partial charge is 0.189 e. The number of nitrogens with one attached hydrogen (secondary N) is 1. The van der Waals surface area contributed by atoms with Crippen LogP contribution in [0.5, 0.6) is 0 Å². The number of anilines is 1. The van der Waals surface area contributed by atoms with Crippen LogP contribution in [0.2, 0.25) is 5.02 Å². The Labute approximate surface area is 157 Å². The molecule has 1 N–H and O–H groups in total. The van der Waals surface area contributed by atoms with Crippen LogP contribution in [0.3, 0.4) is 0 Å². The Balaban J connectivity index is 1.81. The van der Waals surface area contributed by atoms with E-state index in [4.69, 9.17) is 11.6 Å². The van der Waals surface area contributed by atoms with Gasteiger partial charge in [0, 0.05) is 23.6 Å². The number of halogens is 1. The first kappa shape index (κ1) is 18.5. The van der Waals surface area contributed by atoms with Crippen molar-refractivity contribution < 1.29 is 8.42 Å². The maximum atomic E-state index is 12.0. The second-order valence-electron chi connectivity index (χ2n) is 5.82. The molecule has 5 nitrogen and oxygen atoms in total. The number of benzene rings is 1. The summed E-state index contributed by atoms with van der Waals surface area (Å²) in [6, 6.07) is 7.71. The molecule has 0 aliphatic carbocycles. The molecular weight excluding hydrogens is 378 g/mol. The van der Waals surface area contributed by atoms with Gasteiger partial charge in [-0.05, 0) is 23.8 Å². The molecule has 2 heterocycles. The Morgan fingerprint density at radius 3 is 2.84 bits per heavy atom. The Bertz CT molecular complexity index is 872. The van der Waals surface area contributed by atoms with Crippen LogP contribution in [0.1, 0.15) is 23.7 Å². The zero-order valence-electron chi connectivity index (χ0n) is 14.0. The van der Waals surface area contributed by atoms with Gasteiger partial charge < -0.3 is 5.32 Å². The molecule has 0 saturated carbocycles. The van der Waals surface area contributed by atoms with Gasteiger partial charge >= 0.3 is 0 Å². The molecule has 2 aromatic rings. The Morgan fingerprint density at radius 2 is 2.08 bits per heavy atom. The lowest BCUT2D eigenvalue weighted by Gasteiger charge is -2.20. The third-order valence-corrected chi connectivity index (χ3v) is 6.66. The molecule has 0 spiro atoms. The van der Waals surface area contributed by atoms with Gasteiger partial charge in [0.15, 0.2) is 15.0 Å². The van der Waals surface area contributed by atoms with Crippen LogP contribution in [0.15, 0.2) is 29.4 Å². The number of aryl methyl sites for hydroxylation is 1. The van der Waals surface area contributed by atoms with Gasteiger partial charge in [0.2, 0.25) is 0 Å². The number of sulfone groups is 1. The summed E-state index contributed by atoms with van der Waals surface area (Å²) in [4.78, 5) is 9.07. The molecule has 0 radical (unpaired) electrons. The van der Waals surface area contributed by atoms with Crippen LogP contribution >= 0.6 is 23.4 Å². The summed E-state index contributed by atoms with van der Waals surface area (Å²) in [5.74, 6) is 1.67. The first-order valence-corrected chi connectivity index (χ1v) is 11.4. The lowest BCUT2D eigenvalue weighted by molar-refractivity contribution is 0.589. The van der Waals surface area contributed by atoms with E-state index in [1.54, 1.807) is 11.8 Å². The van der Waals surface area contributed by atoms with E-state index in [0.717, 1.165) is 28.5 Å². The summed E-state index contributed by atoms with van der Waals surface area (Å²) in [6.45, 7) is 2.67. The standard InChI is InChI=1S/C17H20ClN3O2S2/c1-2-24-17-20-15-8-10-25(22,23)11-13(15)16(21-17)19-9-7-12-5-3-4-6-14(12)18/h3-6H,2,7-11H2,1H3,(H,19,20,21). The van der Waals surface area contributed by atoms with Gasteiger partial charge in [0.1, 0.15) is 5.82 Å². The van der Waals surface area contributed by atoms with Crippen LogP contribution in [0, 0.1) is 0 Å². The van der Waals surface area contributed by atoms with E-state index in [9.17, 15) is 8.42 Å². The molecule has 0 bridgehead atoms. The van der Waals surface area contributed by atoms with Gasteiger partial charge in [0.25, 0.3) is 0 Å². The minimum Gasteiger partial charge on any atom is -0.369 e. The quantitative estimate of drug-likeness (QED) is 0.595. The highest BCUT2D eigenvalue weighted by atomic mass is 35.5. The van der Waals surface area contributed by atoms with Crippen LogP contribution in [-0.4, -0.2) is 36.4 Å². The third-order valence-electron chi connectivity index (χ3n) is 4.00. The minimum atomic E-state index is -3.08. The molecule has 3 rings (SSSR count). The molecule has 1 aliphatic heterocycles. The van der Waals surface area contributed by atoms with Crippen molar-refractivity contribution in [3.05, 3.63) is 46.1 Å². The lowest BCUT2D eigenvalue weighted by Crippen LogP contribution is -2.23. The van der Waals surface area contributed by atoms with Crippen molar-refractivity contribution in [1.82, 2.24) is 9.97 Å². The predicted molar refractivity (Wildman–Crippen MR) is 103 cm³/mol. The molecular formula is C17H20ClN3O2S2. The van der Waals surface area contributed by atoms with E-state index >= 15 is 0 Å². The summed E-state index contributed by atoms with van der Waals surface area (Å²) < 4.78 is 24.0. The normalized spacial score (nSPS) is 15.6. The first-order chi connectivity index (χ1) is 12.0. The second kappa shape index (κ2) is 7.93. The molecule has 1 aliphatic rings. The summed E-state index contributed by atoms with van der Waals surface area (Å²) in [7, 11) is -3.08. The first-order valence-electron chi connectivity index (χ1n) is 8.19. The highest BCUT2D eigenvalue weighted by Crippen LogP contribution is 2.28. The molecule has 8 heteroatoms. The summed E-state index contributed by atoms with van der Waals surface area (Å²) in [5.41, 5.74) is 2.61. The van der Waals surface area contributed by atoms with E-state index in [1.807, 2.05) is 31.2 Å². The molecule has 0 amide bonds. The molecule has 0 unspecified atom stereocenters. The monoisotopic (exact) mass is 397 g/mol. The van der Waals surface area contributed by atoms with Gasteiger partial charge in [-0.15, -0.1) is 0 Å². The van der Waals surface area contributed by atoms with E-state index in [0.29, 0.717) is 29.5 Å². The number of fused-ring (bicyclic) bond motifs is 1. The van der Waals surface area contributed by atoms with Crippen molar-refractivity contribution in [2.24, 2.45) is 0 Å². The number of hydrogen-bond donors (Lipinski definition) is 1. The van der Waals surface area contributed by atoms with Crippen LogP contribution in [0.4, 0.5) is 5.82 Å². The predicted octanol–water partition coefficient (Wildman–Crippen LogP) is 3.37. The lowest BCUT2D eigenvalue weighted by atomic mass is 10.1. The fourth-order valence-electron chi connectivity index (χ4n) is 2.77. The molecule has 0 fully saturated rings. The fraction of sp³-hybridized carbons (Fsp3) is 0.412. The Kier molecular flexibility index (Phi) is 5.86. The largest absolute Gasteiger partial charge is 0.369 e. The van der Waals surface area contributed by atoms with E-state index < -0.39 is 9.84 Å². The summed E-state index contributed by atoms with van der Waals surface area (Å²) >= 11 is 7.75. The third kappa shape index (κ3) is 4.65. The average Bonchev–Trinajstić information content (AvgIpc) is 2.57. The van der Waals surface area contributed by atoms with Crippen LogP contribution in [-0.2, 0) is 28.4 Å². The van der Waals surface area contributed by atoms with Gasteiger partial charge in [-0.3, -0.25) is 0 Å². The maximum Gasteiger partial charge on any atom is 0.189 e. The van der Waals surface area contributed by atoms with Crippen molar-refractivity contribution >= 4 is 39.0 Å². The number of thioether (sulfide) groups is 1. The fourth-order valence-corrected chi connectivity index (χ4v) is 4.98.